The van der Waals surface area contributed by atoms with Crippen molar-refractivity contribution in [1.29, 1.82) is 0 Å². The Balaban J connectivity index is 1.75. The van der Waals surface area contributed by atoms with E-state index >= 15 is 0 Å². The van der Waals surface area contributed by atoms with Gasteiger partial charge in [-0.25, -0.2) is 4.79 Å². The van der Waals surface area contributed by atoms with Crippen LogP contribution in [0.15, 0.2) is 24.3 Å². The Morgan fingerprint density at radius 3 is 2.64 bits per heavy atom. The van der Waals surface area contributed by atoms with Crippen LogP contribution in [-0.2, 0) is 25.5 Å². The van der Waals surface area contributed by atoms with Crippen LogP contribution in [-0.4, -0.2) is 36.2 Å². The molecule has 7 nitrogen and oxygen atoms in total. The number of carbonyl (C=O) groups excluding carboxylic acids is 3. The summed E-state index contributed by atoms with van der Waals surface area (Å²) in [5.41, 5.74) is 1.77. The Labute approximate surface area is 166 Å². The fourth-order valence-corrected chi connectivity index (χ4v) is 3.08. The Hall–Kier alpha value is -2.57. The molecule has 1 aromatic rings. The third-order valence-electron chi connectivity index (χ3n) is 4.36. The lowest BCUT2D eigenvalue weighted by Gasteiger charge is -2.27. The van der Waals surface area contributed by atoms with Crippen molar-refractivity contribution in [3.8, 4) is 0 Å². The molecule has 2 atom stereocenters. The van der Waals surface area contributed by atoms with Crippen LogP contribution in [0.5, 0.6) is 0 Å². The quantitative estimate of drug-likeness (QED) is 0.728. The maximum atomic E-state index is 12.4. The van der Waals surface area contributed by atoms with Gasteiger partial charge in [0.15, 0.2) is 6.10 Å². The molecule has 7 heteroatoms. The van der Waals surface area contributed by atoms with Gasteiger partial charge in [0.25, 0.3) is 5.91 Å². The first-order valence-corrected chi connectivity index (χ1v) is 9.70. The summed E-state index contributed by atoms with van der Waals surface area (Å²) >= 11 is 0. The Bertz CT molecular complexity index is 711. The predicted molar refractivity (Wildman–Crippen MR) is 105 cm³/mol. The number of hydrogen-bond acceptors (Lipinski definition) is 5. The van der Waals surface area contributed by atoms with Gasteiger partial charge in [-0.3, -0.25) is 9.59 Å². The summed E-state index contributed by atoms with van der Waals surface area (Å²) in [6.07, 6.45) is 1.35. The molecule has 1 aromatic carbocycles. The molecule has 0 spiro atoms. The standard InChI is InChI=1S/C21H30N2O5/c1-14(27-18(24)12-13-22-20(26)28-21(2,3)4)19(25)23-17-11-7-9-15-8-5-6-10-16(15)17/h5-6,8,10,14,17H,7,9,11-13H2,1-4H3,(H,22,26)(H,23,25)/t14-,17+/m1/s1. The first-order valence-electron chi connectivity index (χ1n) is 9.70. The minimum Gasteiger partial charge on any atom is -0.452 e. The molecule has 0 radical (unpaired) electrons. The molecule has 0 saturated heterocycles. The van der Waals surface area contributed by atoms with E-state index in [1.165, 1.54) is 5.56 Å². The van der Waals surface area contributed by atoms with Crippen LogP contribution >= 0.6 is 0 Å². The average molecular weight is 390 g/mol. The molecule has 0 saturated carbocycles. The average Bonchev–Trinajstić information content (AvgIpc) is 2.60. The number of ether oxygens (including phenoxy) is 2. The molecule has 0 heterocycles. The maximum Gasteiger partial charge on any atom is 0.407 e. The summed E-state index contributed by atoms with van der Waals surface area (Å²) in [5, 5.41) is 5.46. The molecule has 0 unspecified atom stereocenters. The van der Waals surface area contributed by atoms with E-state index in [0.717, 1.165) is 24.8 Å². The van der Waals surface area contributed by atoms with Crippen LogP contribution in [0.1, 0.15) is 64.1 Å². The van der Waals surface area contributed by atoms with Gasteiger partial charge < -0.3 is 20.1 Å². The first-order chi connectivity index (χ1) is 13.2. The fourth-order valence-electron chi connectivity index (χ4n) is 3.08. The number of rotatable bonds is 6. The summed E-state index contributed by atoms with van der Waals surface area (Å²) in [6, 6.07) is 8.00. The van der Waals surface area contributed by atoms with Crippen molar-refractivity contribution in [2.75, 3.05) is 6.54 Å². The van der Waals surface area contributed by atoms with Gasteiger partial charge in [0.1, 0.15) is 5.60 Å². The van der Waals surface area contributed by atoms with Crippen LogP contribution < -0.4 is 10.6 Å². The number of carbonyl (C=O) groups is 3. The topological polar surface area (TPSA) is 93.7 Å². The zero-order valence-electron chi connectivity index (χ0n) is 17.0. The molecular weight excluding hydrogens is 360 g/mol. The molecule has 1 aliphatic carbocycles. The second-order valence-corrected chi connectivity index (χ2v) is 7.96. The smallest absolute Gasteiger partial charge is 0.407 e. The summed E-state index contributed by atoms with van der Waals surface area (Å²) in [6.45, 7) is 6.89. The number of amides is 2. The van der Waals surface area contributed by atoms with E-state index in [-0.39, 0.29) is 24.9 Å². The second-order valence-electron chi connectivity index (χ2n) is 7.96. The summed E-state index contributed by atoms with van der Waals surface area (Å²) < 4.78 is 10.3. The summed E-state index contributed by atoms with van der Waals surface area (Å²) in [7, 11) is 0. The fraction of sp³-hybridized carbons (Fsp3) is 0.571. The Kier molecular flexibility index (Phi) is 7.43. The predicted octanol–water partition coefficient (Wildman–Crippen LogP) is 3.03. The Morgan fingerprint density at radius 2 is 1.93 bits per heavy atom. The molecule has 0 bridgehead atoms. The number of esters is 1. The third kappa shape index (κ3) is 6.87. The van der Waals surface area contributed by atoms with Crippen LogP contribution in [0.4, 0.5) is 4.79 Å². The molecule has 0 fully saturated rings. The van der Waals surface area contributed by atoms with E-state index in [2.05, 4.69) is 16.7 Å². The van der Waals surface area contributed by atoms with E-state index < -0.39 is 23.8 Å². The third-order valence-corrected chi connectivity index (χ3v) is 4.36. The summed E-state index contributed by atoms with van der Waals surface area (Å²) in [4.78, 5) is 35.9. The molecular formula is C21H30N2O5. The Morgan fingerprint density at radius 1 is 1.21 bits per heavy atom. The SMILES string of the molecule is C[C@@H](OC(=O)CCNC(=O)OC(C)(C)C)C(=O)N[C@H]1CCCc2ccccc21. The van der Waals surface area contributed by atoms with Crippen LogP contribution in [0.3, 0.4) is 0 Å². The van der Waals surface area contributed by atoms with E-state index in [1.807, 2.05) is 18.2 Å². The van der Waals surface area contributed by atoms with E-state index in [1.54, 1.807) is 27.7 Å². The lowest BCUT2D eigenvalue weighted by atomic mass is 9.87. The van der Waals surface area contributed by atoms with Crippen molar-refractivity contribution >= 4 is 18.0 Å². The molecule has 1 aliphatic rings. The van der Waals surface area contributed by atoms with Gasteiger partial charge in [0.2, 0.25) is 0 Å². The van der Waals surface area contributed by atoms with Crippen molar-refractivity contribution in [3.63, 3.8) is 0 Å². The molecule has 154 valence electrons. The van der Waals surface area contributed by atoms with E-state index in [9.17, 15) is 14.4 Å². The lowest BCUT2D eigenvalue weighted by Crippen LogP contribution is -2.39. The first kappa shape index (κ1) is 21.7. The van der Waals surface area contributed by atoms with Crippen molar-refractivity contribution < 1.29 is 23.9 Å². The van der Waals surface area contributed by atoms with E-state index in [0.29, 0.717) is 0 Å². The lowest BCUT2D eigenvalue weighted by molar-refractivity contribution is -0.155. The van der Waals surface area contributed by atoms with Crippen LogP contribution in [0.2, 0.25) is 0 Å². The monoisotopic (exact) mass is 390 g/mol. The van der Waals surface area contributed by atoms with Crippen molar-refractivity contribution in [3.05, 3.63) is 35.4 Å². The highest BCUT2D eigenvalue weighted by Gasteiger charge is 2.25. The minimum atomic E-state index is -0.900. The number of nitrogens with one attached hydrogen (secondary N) is 2. The molecule has 2 N–H and O–H groups in total. The van der Waals surface area contributed by atoms with Crippen LogP contribution in [0.25, 0.3) is 0 Å². The highest BCUT2D eigenvalue weighted by Crippen LogP contribution is 2.29. The zero-order valence-corrected chi connectivity index (χ0v) is 17.0. The van der Waals surface area contributed by atoms with Crippen molar-refractivity contribution in [1.82, 2.24) is 10.6 Å². The number of aryl methyl sites for hydroxylation is 1. The largest absolute Gasteiger partial charge is 0.452 e. The van der Waals surface area contributed by atoms with E-state index in [4.69, 9.17) is 9.47 Å². The normalized spacial score (nSPS) is 17.1. The number of benzene rings is 1. The van der Waals surface area contributed by atoms with Crippen molar-refractivity contribution in [2.45, 2.75) is 71.1 Å². The van der Waals surface area contributed by atoms with Gasteiger partial charge in [-0.05, 0) is 58.1 Å². The highest BCUT2D eigenvalue weighted by molar-refractivity contribution is 5.84. The number of fused-ring (bicyclic) bond motifs is 1. The maximum absolute atomic E-state index is 12.4. The van der Waals surface area contributed by atoms with Gasteiger partial charge in [-0.2, -0.15) is 0 Å². The summed E-state index contributed by atoms with van der Waals surface area (Å²) in [5.74, 6) is -0.877. The number of hydrogen-bond donors (Lipinski definition) is 2. The van der Waals surface area contributed by atoms with Gasteiger partial charge in [-0.1, -0.05) is 24.3 Å². The molecule has 0 aliphatic heterocycles. The van der Waals surface area contributed by atoms with Gasteiger partial charge in [0, 0.05) is 6.54 Å². The van der Waals surface area contributed by atoms with Gasteiger partial charge in [-0.15, -0.1) is 0 Å². The second kappa shape index (κ2) is 9.57. The highest BCUT2D eigenvalue weighted by atomic mass is 16.6. The molecule has 2 amide bonds. The van der Waals surface area contributed by atoms with Gasteiger partial charge in [0.05, 0.1) is 12.5 Å². The van der Waals surface area contributed by atoms with Crippen molar-refractivity contribution in [2.24, 2.45) is 0 Å². The van der Waals surface area contributed by atoms with Crippen LogP contribution in [0, 0.1) is 0 Å². The molecule has 0 aromatic heterocycles. The molecule has 28 heavy (non-hydrogen) atoms. The number of alkyl carbamates (subject to hydrolysis) is 1. The van der Waals surface area contributed by atoms with Gasteiger partial charge >= 0.3 is 12.1 Å². The zero-order chi connectivity index (χ0) is 20.7. The minimum absolute atomic E-state index is 0.0386. The molecule has 2 rings (SSSR count).